The van der Waals surface area contributed by atoms with Crippen molar-refractivity contribution in [3.63, 3.8) is 0 Å². The molecule has 5 heteroatoms. The number of fused-ring (bicyclic) bond motifs is 2. The average molecular weight is 316 g/mol. The van der Waals surface area contributed by atoms with E-state index in [9.17, 15) is 4.79 Å². The molecule has 0 radical (unpaired) electrons. The van der Waals surface area contributed by atoms with Gasteiger partial charge < -0.3 is 9.47 Å². The maximum atomic E-state index is 12.7. The molecule has 0 saturated carbocycles. The van der Waals surface area contributed by atoms with Crippen molar-refractivity contribution in [1.29, 1.82) is 0 Å². The molecule has 114 valence electrons. The number of hydrogen-bond donors (Lipinski definition) is 0. The molecular weight excluding hydrogens is 298 g/mol. The summed E-state index contributed by atoms with van der Waals surface area (Å²) in [5.41, 5.74) is 2.91. The number of aromatic nitrogens is 2. The third-order valence-electron chi connectivity index (χ3n) is 4.62. The quantitative estimate of drug-likeness (QED) is 0.811. The fourth-order valence-corrected chi connectivity index (χ4v) is 3.70. The van der Waals surface area contributed by atoms with Crippen LogP contribution in [0.1, 0.15) is 40.3 Å². The summed E-state index contributed by atoms with van der Waals surface area (Å²) >= 11 is 6.24. The summed E-state index contributed by atoms with van der Waals surface area (Å²) in [5, 5.41) is 0.807. The van der Waals surface area contributed by atoms with Crippen molar-refractivity contribution in [1.82, 2.24) is 14.5 Å². The number of carbonyl (C=O) groups excluding carboxylic acids is 1. The van der Waals surface area contributed by atoms with E-state index in [4.69, 9.17) is 11.6 Å². The van der Waals surface area contributed by atoms with E-state index in [0.717, 1.165) is 35.8 Å². The predicted molar refractivity (Wildman–Crippen MR) is 85.1 cm³/mol. The maximum Gasteiger partial charge on any atom is 0.274 e. The predicted octanol–water partition coefficient (Wildman–Crippen LogP) is 3.07. The molecule has 0 spiro atoms. The van der Waals surface area contributed by atoms with Crippen LogP contribution in [-0.2, 0) is 25.9 Å². The van der Waals surface area contributed by atoms with Gasteiger partial charge in [0.2, 0.25) is 0 Å². The van der Waals surface area contributed by atoms with E-state index >= 15 is 0 Å². The van der Waals surface area contributed by atoms with E-state index < -0.39 is 0 Å². The SMILES string of the molecule is O=C(c1cn2c(n1)CCCC2)N1CCc2c(Cl)cccc2C1. The van der Waals surface area contributed by atoms with Gasteiger partial charge in [0, 0.05) is 37.3 Å². The summed E-state index contributed by atoms with van der Waals surface area (Å²) in [6, 6.07) is 5.92. The Kier molecular flexibility index (Phi) is 3.41. The smallest absolute Gasteiger partial charge is 0.274 e. The Morgan fingerprint density at radius 1 is 1.18 bits per heavy atom. The second kappa shape index (κ2) is 5.43. The number of benzene rings is 1. The van der Waals surface area contributed by atoms with Crippen LogP contribution in [0.15, 0.2) is 24.4 Å². The molecule has 0 saturated heterocycles. The fourth-order valence-electron chi connectivity index (χ4n) is 3.41. The van der Waals surface area contributed by atoms with Crippen LogP contribution < -0.4 is 0 Å². The van der Waals surface area contributed by atoms with E-state index in [0.29, 0.717) is 18.8 Å². The number of halogens is 1. The van der Waals surface area contributed by atoms with Crippen LogP contribution in [0.3, 0.4) is 0 Å². The molecule has 2 aliphatic heterocycles. The lowest BCUT2D eigenvalue weighted by Crippen LogP contribution is -2.36. The minimum Gasteiger partial charge on any atom is -0.334 e. The van der Waals surface area contributed by atoms with Gasteiger partial charge in [-0.2, -0.15) is 0 Å². The number of hydrogen-bond acceptors (Lipinski definition) is 2. The molecular formula is C17H18ClN3O. The maximum absolute atomic E-state index is 12.7. The van der Waals surface area contributed by atoms with Gasteiger partial charge in [-0.3, -0.25) is 4.79 Å². The molecule has 4 rings (SSSR count). The van der Waals surface area contributed by atoms with Crippen molar-refractivity contribution in [3.8, 4) is 0 Å². The van der Waals surface area contributed by atoms with E-state index in [1.54, 1.807) is 0 Å². The molecule has 1 aromatic heterocycles. The van der Waals surface area contributed by atoms with Crippen LogP contribution >= 0.6 is 11.6 Å². The van der Waals surface area contributed by atoms with Crippen molar-refractivity contribution in [3.05, 3.63) is 52.1 Å². The number of amides is 1. The van der Waals surface area contributed by atoms with Crippen LogP contribution in [0.2, 0.25) is 5.02 Å². The van der Waals surface area contributed by atoms with Crippen molar-refractivity contribution >= 4 is 17.5 Å². The van der Waals surface area contributed by atoms with Gasteiger partial charge in [0.05, 0.1) is 0 Å². The van der Waals surface area contributed by atoms with Gasteiger partial charge in [0.1, 0.15) is 11.5 Å². The zero-order chi connectivity index (χ0) is 15.1. The Morgan fingerprint density at radius 3 is 2.95 bits per heavy atom. The average Bonchev–Trinajstić information content (AvgIpc) is 2.98. The fraction of sp³-hybridized carbons (Fsp3) is 0.412. The standard InChI is InChI=1S/C17H18ClN3O/c18-14-5-3-4-12-10-21(9-7-13(12)14)17(22)15-11-20-8-2-1-6-16(20)19-15/h3-5,11H,1-2,6-10H2. The summed E-state index contributed by atoms with van der Waals surface area (Å²) < 4.78 is 2.13. The molecule has 0 atom stereocenters. The van der Waals surface area contributed by atoms with E-state index in [-0.39, 0.29) is 5.91 Å². The van der Waals surface area contributed by atoms with Crippen LogP contribution in [0.4, 0.5) is 0 Å². The molecule has 2 aliphatic rings. The topological polar surface area (TPSA) is 38.1 Å². The molecule has 1 aromatic carbocycles. The Morgan fingerprint density at radius 2 is 2.09 bits per heavy atom. The second-order valence-corrected chi connectivity index (χ2v) is 6.45. The first-order valence-electron chi connectivity index (χ1n) is 7.84. The summed E-state index contributed by atoms with van der Waals surface area (Å²) in [6.45, 7) is 2.31. The Labute approximate surface area is 134 Å². The van der Waals surface area contributed by atoms with E-state index in [2.05, 4.69) is 15.6 Å². The van der Waals surface area contributed by atoms with E-state index in [1.807, 2.05) is 23.2 Å². The number of aryl methyl sites for hydroxylation is 2. The first kappa shape index (κ1) is 13.8. The summed E-state index contributed by atoms with van der Waals surface area (Å²) in [6.07, 6.45) is 6.05. The van der Waals surface area contributed by atoms with Gasteiger partial charge in [0.25, 0.3) is 5.91 Å². The zero-order valence-electron chi connectivity index (χ0n) is 12.4. The van der Waals surface area contributed by atoms with Crippen molar-refractivity contribution in [2.45, 2.75) is 38.8 Å². The molecule has 1 amide bonds. The monoisotopic (exact) mass is 315 g/mol. The van der Waals surface area contributed by atoms with Crippen LogP contribution in [0.25, 0.3) is 0 Å². The highest BCUT2D eigenvalue weighted by Crippen LogP contribution is 2.27. The number of carbonyl (C=O) groups is 1. The molecule has 0 bridgehead atoms. The number of rotatable bonds is 1. The highest BCUT2D eigenvalue weighted by molar-refractivity contribution is 6.31. The largest absolute Gasteiger partial charge is 0.334 e. The molecule has 0 aliphatic carbocycles. The minimum absolute atomic E-state index is 0.0347. The number of imidazole rings is 1. The normalized spacial score (nSPS) is 17.0. The lowest BCUT2D eigenvalue weighted by atomic mass is 9.99. The van der Waals surface area contributed by atoms with Gasteiger partial charge in [0.15, 0.2) is 0 Å². The summed E-state index contributed by atoms with van der Waals surface area (Å²) in [4.78, 5) is 19.2. The molecule has 0 unspecified atom stereocenters. The first-order chi connectivity index (χ1) is 10.7. The third-order valence-corrected chi connectivity index (χ3v) is 4.98. The summed E-state index contributed by atoms with van der Waals surface area (Å²) in [7, 11) is 0. The third kappa shape index (κ3) is 2.31. The zero-order valence-corrected chi connectivity index (χ0v) is 13.1. The van der Waals surface area contributed by atoms with Gasteiger partial charge in [-0.05, 0) is 36.5 Å². The Balaban J connectivity index is 1.58. The molecule has 0 fully saturated rings. The highest BCUT2D eigenvalue weighted by atomic mass is 35.5. The first-order valence-corrected chi connectivity index (χ1v) is 8.22. The van der Waals surface area contributed by atoms with Crippen molar-refractivity contribution in [2.24, 2.45) is 0 Å². The van der Waals surface area contributed by atoms with Gasteiger partial charge in [-0.25, -0.2) is 4.98 Å². The molecule has 2 aromatic rings. The van der Waals surface area contributed by atoms with Crippen molar-refractivity contribution in [2.75, 3.05) is 6.54 Å². The highest BCUT2D eigenvalue weighted by Gasteiger charge is 2.25. The van der Waals surface area contributed by atoms with Crippen LogP contribution in [-0.4, -0.2) is 26.9 Å². The van der Waals surface area contributed by atoms with Gasteiger partial charge >= 0.3 is 0 Å². The Hall–Kier alpha value is -1.81. The van der Waals surface area contributed by atoms with Gasteiger partial charge in [-0.1, -0.05) is 23.7 Å². The second-order valence-electron chi connectivity index (χ2n) is 6.05. The van der Waals surface area contributed by atoms with E-state index in [1.165, 1.54) is 18.4 Å². The summed E-state index contributed by atoms with van der Waals surface area (Å²) in [5.74, 6) is 1.09. The lowest BCUT2D eigenvalue weighted by Gasteiger charge is -2.28. The Bertz CT molecular complexity index is 714. The molecule has 22 heavy (non-hydrogen) atoms. The van der Waals surface area contributed by atoms with Crippen molar-refractivity contribution < 1.29 is 4.79 Å². The van der Waals surface area contributed by atoms with Crippen LogP contribution in [0.5, 0.6) is 0 Å². The van der Waals surface area contributed by atoms with Crippen LogP contribution in [0, 0.1) is 0 Å². The minimum atomic E-state index is 0.0347. The molecule has 4 nitrogen and oxygen atoms in total. The molecule has 0 N–H and O–H groups in total. The van der Waals surface area contributed by atoms with Gasteiger partial charge in [-0.15, -0.1) is 0 Å². The lowest BCUT2D eigenvalue weighted by molar-refractivity contribution is 0.0729. The molecule has 3 heterocycles. The number of nitrogens with zero attached hydrogens (tertiary/aromatic N) is 3.